The van der Waals surface area contributed by atoms with Crippen LogP contribution in [0, 0.1) is 17.0 Å². The zero-order valence-electron chi connectivity index (χ0n) is 8.77. The summed E-state index contributed by atoms with van der Waals surface area (Å²) < 4.78 is 0. The number of nitro groups is 1. The molecule has 1 aromatic heterocycles. The summed E-state index contributed by atoms with van der Waals surface area (Å²) in [5, 5.41) is 14.1. The second-order valence-corrected chi connectivity index (χ2v) is 3.57. The van der Waals surface area contributed by atoms with Crippen LogP contribution in [0.4, 0.5) is 11.6 Å². The van der Waals surface area contributed by atoms with Crippen LogP contribution in [-0.2, 0) is 0 Å². The molecule has 15 heavy (non-hydrogen) atoms. The van der Waals surface area contributed by atoms with Crippen molar-refractivity contribution in [3.8, 4) is 0 Å². The van der Waals surface area contributed by atoms with E-state index < -0.39 is 4.92 Å². The van der Waals surface area contributed by atoms with E-state index in [2.05, 4.69) is 15.3 Å². The SMILES string of the molecule is CCNc1nc(C)c([N+](=O)[O-])c(SC)n1. The number of aryl methyl sites for hydroxylation is 1. The maximum Gasteiger partial charge on any atom is 0.322 e. The standard InChI is InChI=1S/C8H12N4O2S/c1-4-9-8-10-5(2)6(12(13)14)7(11-8)15-3/h4H2,1-3H3,(H,9,10,11). The van der Waals surface area contributed by atoms with Gasteiger partial charge in [0, 0.05) is 6.54 Å². The molecule has 1 heterocycles. The Labute approximate surface area is 91.7 Å². The van der Waals surface area contributed by atoms with Crippen LogP contribution in [0.25, 0.3) is 0 Å². The fourth-order valence-corrected chi connectivity index (χ4v) is 1.72. The first-order valence-electron chi connectivity index (χ1n) is 4.41. The van der Waals surface area contributed by atoms with Crippen LogP contribution < -0.4 is 5.32 Å². The predicted octanol–water partition coefficient (Wildman–Crippen LogP) is 1.85. The van der Waals surface area contributed by atoms with Crippen LogP contribution in [0.5, 0.6) is 0 Å². The largest absolute Gasteiger partial charge is 0.354 e. The summed E-state index contributed by atoms with van der Waals surface area (Å²) in [7, 11) is 0. The molecule has 82 valence electrons. The van der Waals surface area contributed by atoms with E-state index in [0.29, 0.717) is 23.2 Å². The van der Waals surface area contributed by atoms with E-state index in [1.165, 1.54) is 11.8 Å². The van der Waals surface area contributed by atoms with E-state index in [1.54, 1.807) is 13.2 Å². The van der Waals surface area contributed by atoms with Crippen molar-refractivity contribution in [2.75, 3.05) is 18.1 Å². The lowest BCUT2D eigenvalue weighted by atomic mass is 10.4. The molecule has 1 aromatic rings. The van der Waals surface area contributed by atoms with E-state index in [9.17, 15) is 10.1 Å². The van der Waals surface area contributed by atoms with Crippen LogP contribution >= 0.6 is 11.8 Å². The topological polar surface area (TPSA) is 81.0 Å². The quantitative estimate of drug-likeness (QED) is 0.366. The average molecular weight is 228 g/mol. The van der Waals surface area contributed by atoms with Gasteiger partial charge in [0.05, 0.1) is 4.92 Å². The van der Waals surface area contributed by atoms with Gasteiger partial charge in [0.25, 0.3) is 0 Å². The third-order valence-electron chi connectivity index (χ3n) is 1.74. The highest BCUT2D eigenvalue weighted by Crippen LogP contribution is 2.28. The summed E-state index contributed by atoms with van der Waals surface area (Å²) >= 11 is 1.25. The summed E-state index contributed by atoms with van der Waals surface area (Å²) in [6, 6.07) is 0. The monoisotopic (exact) mass is 228 g/mol. The fraction of sp³-hybridized carbons (Fsp3) is 0.500. The number of aromatic nitrogens is 2. The molecule has 0 aliphatic heterocycles. The van der Waals surface area contributed by atoms with Gasteiger partial charge in [0.15, 0.2) is 5.03 Å². The van der Waals surface area contributed by atoms with Gasteiger partial charge in [-0.1, -0.05) is 0 Å². The Kier molecular flexibility index (Phi) is 3.84. The molecule has 7 heteroatoms. The molecule has 0 fully saturated rings. The molecule has 0 aliphatic rings. The van der Waals surface area contributed by atoms with Gasteiger partial charge in [0.2, 0.25) is 5.95 Å². The van der Waals surface area contributed by atoms with Gasteiger partial charge in [-0.25, -0.2) is 4.98 Å². The van der Waals surface area contributed by atoms with E-state index in [4.69, 9.17) is 0 Å². The summed E-state index contributed by atoms with van der Waals surface area (Å²) in [6.07, 6.45) is 1.75. The number of thioether (sulfide) groups is 1. The minimum Gasteiger partial charge on any atom is -0.354 e. The number of hydrogen-bond donors (Lipinski definition) is 1. The predicted molar refractivity (Wildman–Crippen MR) is 59.4 cm³/mol. The zero-order valence-corrected chi connectivity index (χ0v) is 9.59. The Morgan fingerprint density at radius 2 is 2.20 bits per heavy atom. The first-order valence-corrected chi connectivity index (χ1v) is 5.63. The lowest BCUT2D eigenvalue weighted by Crippen LogP contribution is -2.06. The van der Waals surface area contributed by atoms with Gasteiger partial charge < -0.3 is 5.32 Å². The Balaban J connectivity index is 3.24. The Morgan fingerprint density at radius 1 is 1.53 bits per heavy atom. The molecule has 0 aliphatic carbocycles. The van der Waals surface area contributed by atoms with Gasteiger partial charge in [-0.05, 0) is 20.1 Å². The maximum absolute atomic E-state index is 10.8. The van der Waals surface area contributed by atoms with Gasteiger partial charge in [-0.15, -0.1) is 11.8 Å². The first-order chi connectivity index (χ1) is 7.10. The van der Waals surface area contributed by atoms with E-state index in [1.807, 2.05) is 6.92 Å². The number of hydrogen-bond acceptors (Lipinski definition) is 6. The lowest BCUT2D eigenvalue weighted by molar-refractivity contribution is -0.389. The van der Waals surface area contributed by atoms with Gasteiger partial charge in [0.1, 0.15) is 5.69 Å². The molecule has 0 unspecified atom stereocenters. The maximum atomic E-state index is 10.8. The van der Waals surface area contributed by atoms with Crippen molar-refractivity contribution in [2.45, 2.75) is 18.9 Å². The third kappa shape index (κ3) is 2.56. The van der Waals surface area contributed by atoms with Crippen molar-refractivity contribution < 1.29 is 4.92 Å². The molecule has 1 rings (SSSR count). The molecule has 0 aromatic carbocycles. The number of nitrogens with zero attached hydrogens (tertiary/aromatic N) is 3. The van der Waals surface area contributed by atoms with Crippen molar-refractivity contribution >= 4 is 23.4 Å². The number of anilines is 1. The third-order valence-corrected chi connectivity index (χ3v) is 2.41. The average Bonchev–Trinajstić information content (AvgIpc) is 2.16. The first kappa shape index (κ1) is 11.7. The van der Waals surface area contributed by atoms with Gasteiger partial charge in [-0.2, -0.15) is 4.98 Å². The highest BCUT2D eigenvalue weighted by Gasteiger charge is 2.20. The minimum atomic E-state index is -0.448. The van der Waals surface area contributed by atoms with Crippen molar-refractivity contribution in [3.05, 3.63) is 15.8 Å². The Bertz CT molecular complexity index is 383. The number of nitrogens with one attached hydrogen (secondary N) is 1. The van der Waals surface area contributed by atoms with Crippen LogP contribution in [0.3, 0.4) is 0 Å². The molecule has 0 saturated carbocycles. The smallest absolute Gasteiger partial charge is 0.322 e. The Morgan fingerprint density at radius 3 is 2.67 bits per heavy atom. The zero-order chi connectivity index (χ0) is 11.4. The Hall–Kier alpha value is -1.37. The van der Waals surface area contributed by atoms with Crippen molar-refractivity contribution in [1.82, 2.24) is 9.97 Å². The molecule has 0 radical (unpaired) electrons. The fourth-order valence-electron chi connectivity index (χ4n) is 1.13. The molecule has 0 spiro atoms. The molecule has 1 N–H and O–H groups in total. The lowest BCUT2D eigenvalue weighted by Gasteiger charge is -2.05. The van der Waals surface area contributed by atoms with Crippen LogP contribution in [0.2, 0.25) is 0 Å². The summed E-state index contributed by atoms with van der Waals surface area (Å²) in [5.41, 5.74) is 0.374. The van der Waals surface area contributed by atoms with E-state index in [0.717, 1.165) is 0 Å². The summed E-state index contributed by atoms with van der Waals surface area (Å²) in [6.45, 7) is 4.21. The highest BCUT2D eigenvalue weighted by atomic mass is 32.2. The second kappa shape index (κ2) is 4.92. The number of rotatable bonds is 4. The molecule has 6 nitrogen and oxygen atoms in total. The van der Waals surface area contributed by atoms with Crippen molar-refractivity contribution in [3.63, 3.8) is 0 Å². The van der Waals surface area contributed by atoms with Gasteiger partial charge in [-0.3, -0.25) is 10.1 Å². The van der Waals surface area contributed by atoms with Crippen LogP contribution in [0.1, 0.15) is 12.6 Å². The molecule has 0 amide bonds. The second-order valence-electron chi connectivity index (χ2n) is 2.78. The summed E-state index contributed by atoms with van der Waals surface area (Å²) in [4.78, 5) is 18.4. The molecular formula is C8H12N4O2S. The normalized spacial score (nSPS) is 10.1. The van der Waals surface area contributed by atoms with E-state index >= 15 is 0 Å². The van der Waals surface area contributed by atoms with Gasteiger partial charge >= 0.3 is 5.69 Å². The highest BCUT2D eigenvalue weighted by molar-refractivity contribution is 7.98. The molecule has 0 saturated heterocycles. The van der Waals surface area contributed by atoms with Crippen molar-refractivity contribution in [2.24, 2.45) is 0 Å². The summed E-state index contributed by atoms with van der Waals surface area (Å²) in [5.74, 6) is 0.435. The van der Waals surface area contributed by atoms with Crippen LogP contribution in [-0.4, -0.2) is 27.7 Å². The van der Waals surface area contributed by atoms with E-state index in [-0.39, 0.29) is 5.69 Å². The minimum absolute atomic E-state index is 0.0100. The molecule has 0 bridgehead atoms. The molecular weight excluding hydrogens is 216 g/mol. The molecule has 0 atom stereocenters. The van der Waals surface area contributed by atoms with Crippen LogP contribution in [0.15, 0.2) is 5.03 Å². The van der Waals surface area contributed by atoms with Crippen molar-refractivity contribution in [1.29, 1.82) is 0 Å².